The van der Waals surface area contributed by atoms with E-state index < -0.39 is 0 Å². The van der Waals surface area contributed by atoms with Crippen LogP contribution in [0.2, 0.25) is 0 Å². The third-order valence-corrected chi connectivity index (χ3v) is 5.87. The molecule has 2 aliphatic rings. The van der Waals surface area contributed by atoms with Gasteiger partial charge in [-0.15, -0.1) is 0 Å². The number of benzene rings is 3. The maximum absolute atomic E-state index is 12.1. The molecule has 2 heterocycles. The SMILES string of the molecule is NC(=O)[C@@H]1CCCN1[C@H]1N=C(c2ccccc2)O[C@H]1c1cccc2ccccc12. The Bertz CT molecular complexity index is 1070. The van der Waals surface area contributed by atoms with Crippen molar-refractivity contribution in [1.82, 2.24) is 4.90 Å². The number of primary amides is 1. The number of ether oxygens (including phenoxy) is 1. The minimum Gasteiger partial charge on any atom is -0.465 e. The summed E-state index contributed by atoms with van der Waals surface area (Å²) in [7, 11) is 0. The van der Waals surface area contributed by atoms with E-state index in [4.69, 9.17) is 15.5 Å². The number of likely N-dealkylation sites (tertiary alicyclic amines) is 1. The Morgan fingerprint density at radius 1 is 1.00 bits per heavy atom. The van der Waals surface area contributed by atoms with E-state index in [0.717, 1.165) is 41.3 Å². The van der Waals surface area contributed by atoms with E-state index in [1.165, 1.54) is 0 Å². The maximum atomic E-state index is 12.1. The molecule has 1 fully saturated rings. The van der Waals surface area contributed by atoms with Crippen LogP contribution in [0.25, 0.3) is 10.8 Å². The van der Waals surface area contributed by atoms with Crippen molar-refractivity contribution in [2.24, 2.45) is 10.7 Å². The van der Waals surface area contributed by atoms with Crippen LogP contribution >= 0.6 is 0 Å². The maximum Gasteiger partial charge on any atom is 0.234 e. The van der Waals surface area contributed by atoms with Gasteiger partial charge < -0.3 is 10.5 Å². The van der Waals surface area contributed by atoms with Crippen LogP contribution in [0, 0.1) is 0 Å². The topological polar surface area (TPSA) is 67.9 Å². The summed E-state index contributed by atoms with van der Waals surface area (Å²) >= 11 is 0. The molecule has 29 heavy (non-hydrogen) atoms. The number of nitrogens with two attached hydrogens (primary N) is 1. The van der Waals surface area contributed by atoms with Gasteiger partial charge in [-0.1, -0.05) is 60.7 Å². The van der Waals surface area contributed by atoms with Crippen molar-refractivity contribution < 1.29 is 9.53 Å². The molecule has 5 nitrogen and oxygen atoms in total. The van der Waals surface area contributed by atoms with Crippen LogP contribution in [0.3, 0.4) is 0 Å². The molecule has 3 atom stereocenters. The van der Waals surface area contributed by atoms with Crippen molar-refractivity contribution >= 4 is 22.6 Å². The zero-order valence-corrected chi connectivity index (χ0v) is 16.1. The van der Waals surface area contributed by atoms with E-state index in [1.807, 2.05) is 48.5 Å². The molecule has 3 aromatic rings. The number of hydrogen-bond donors (Lipinski definition) is 1. The van der Waals surface area contributed by atoms with E-state index >= 15 is 0 Å². The monoisotopic (exact) mass is 385 g/mol. The minimum absolute atomic E-state index is 0.281. The molecule has 2 N–H and O–H groups in total. The first kappa shape index (κ1) is 17.9. The molecule has 0 unspecified atom stereocenters. The quantitative estimate of drug-likeness (QED) is 0.746. The van der Waals surface area contributed by atoms with Gasteiger partial charge in [-0.2, -0.15) is 0 Å². The third kappa shape index (κ3) is 3.17. The third-order valence-electron chi connectivity index (χ3n) is 5.87. The van der Waals surface area contributed by atoms with Crippen molar-refractivity contribution in [2.45, 2.75) is 31.2 Å². The first-order chi connectivity index (χ1) is 14.2. The minimum atomic E-state index is -0.306. The largest absolute Gasteiger partial charge is 0.465 e. The van der Waals surface area contributed by atoms with Crippen molar-refractivity contribution in [3.8, 4) is 0 Å². The zero-order chi connectivity index (χ0) is 19.8. The van der Waals surface area contributed by atoms with Crippen LogP contribution in [0.1, 0.15) is 30.1 Å². The highest BCUT2D eigenvalue weighted by atomic mass is 16.5. The summed E-state index contributed by atoms with van der Waals surface area (Å²) in [6, 6.07) is 24.1. The van der Waals surface area contributed by atoms with Gasteiger partial charge in [0.05, 0.1) is 6.04 Å². The second kappa shape index (κ2) is 7.33. The zero-order valence-electron chi connectivity index (χ0n) is 16.1. The molecule has 5 heteroatoms. The van der Waals surface area contributed by atoms with Crippen molar-refractivity contribution in [3.63, 3.8) is 0 Å². The van der Waals surface area contributed by atoms with Gasteiger partial charge in [0.2, 0.25) is 11.8 Å². The molecule has 0 spiro atoms. The van der Waals surface area contributed by atoms with Gasteiger partial charge in [-0.25, -0.2) is 4.99 Å². The highest BCUT2D eigenvalue weighted by Gasteiger charge is 2.43. The number of carbonyl (C=O) groups excluding carboxylic acids is 1. The van der Waals surface area contributed by atoms with Crippen molar-refractivity contribution in [3.05, 3.63) is 83.9 Å². The van der Waals surface area contributed by atoms with Crippen LogP contribution < -0.4 is 5.73 Å². The first-order valence-corrected chi connectivity index (χ1v) is 10.0. The number of hydrogen-bond acceptors (Lipinski definition) is 4. The van der Waals surface area contributed by atoms with Gasteiger partial charge in [-0.3, -0.25) is 9.69 Å². The molecule has 146 valence electrons. The Morgan fingerprint density at radius 3 is 2.59 bits per heavy atom. The summed E-state index contributed by atoms with van der Waals surface area (Å²) in [6.45, 7) is 0.786. The van der Waals surface area contributed by atoms with Crippen LogP contribution in [0.5, 0.6) is 0 Å². The van der Waals surface area contributed by atoms with E-state index in [0.29, 0.717) is 5.90 Å². The molecule has 1 saturated heterocycles. The van der Waals surface area contributed by atoms with Gasteiger partial charge in [0, 0.05) is 17.7 Å². The summed E-state index contributed by atoms with van der Waals surface area (Å²) in [4.78, 5) is 19.1. The second-order valence-corrected chi connectivity index (χ2v) is 7.62. The van der Waals surface area contributed by atoms with Gasteiger partial charge in [-0.05, 0) is 35.7 Å². The molecule has 0 bridgehead atoms. The van der Waals surface area contributed by atoms with Crippen LogP contribution in [-0.4, -0.2) is 35.5 Å². The standard InChI is InChI=1S/C24H23N3O2/c25-22(28)20-14-7-15-27(20)23-21(29-24(26-23)17-9-2-1-3-10-17)19-13-6-11-16-8-4-5-12-18(16)19/h1-6,8-13,20-21,23H,7,14-15H2,(H2,25,28)/t20-,21-,23+/m0/s1. The van der Waals surface area contributed by atoms with Crippen LogP contribution in [0.15, 0.2) is 77.8 Å². The fourth-order valence-corrected chi connectivity index (χ4v) is 4.50. The van der Waals surface area contributed by atoms with E-state index in [1.54, 1.807) is 0 Å². The Hall–Kier alpha value is -3.18. The summed E-state index contributed by atoms with van der Waals surface area (Å²) in [6.07, 6.45) is 1.12. The molecule has 0 radical (unpaired) electrons. The van der Waals surface area contributed by atoms with Gasteiger partial charge in [0.1, 0.15) is 6.17 Å². The fourth-order valence-electron chi connectivity index (χ4n) is 4.50. The molecule has 2 aliphatic heterocycles. The summed E-state index contributed by atoms with van der Waals surface area (Å²) < 4.78 is 6.45. The lowest BCUT2D eigenvalue weighted by Gasteiger charge is -2.30. The normalized spacial score (nSPS) is 24.4. The van der Waals surface area contributed by atoms with Crippen molar-refractivity contribution in [2.75, 3.05) is 6.54 Å². The van der Waals surface area contributed by atoms with Crippen LogP contribution in [0.4, 0.5) is 0 Å². The van der Waals surface area contributed by atoms with Gasteiger partial charge in [0.25, 0.3) is 0 Å². The molecule has 0 aliphatic carbocycles. The molecular formula is C24H23N3O2. The summed E-state index contributed by atoms with van der Waals surface area (Å²) in [5.74, 6) is 0.325. The van der Waals surface area contributed by atoms with Gasteiger partial charge >= 0.3 is 0 Å². The highest BCUT2D eigenvalue weighted by Crippen LogP contribution is 2.39. The molecular weight excluding hydrogens is 362 g/mol. The predicted molar refractivity (Wildman–Crippen MR) is 113 cm³/mol. The van der Waals surface area contributed by atoms with Gasteiger partial charge in [0.15, 0.2) is 6.10 Å². The predicted octanol–water partition coefficient (Wildman–Crippen LogP) is 3.63. The average Bonchev–Trinajstić information content (AvgIpc) is 3.41. The lowest BCUT2D eigenvalue weighted by Crippen LogP contribution is -2.46. The number of rotatable bonds is 4. The summed E-state index contributed by atoms with van der Waals surface area (Å²) in [5, 5.41) is 2.30. The number of carbonyl (C=O) groups is 1. The Balaban J connectivity index is 1.60. The average molecular weight is 385 g/mol. The first-order valence-electron chi connectivity index (χ1n) is 10.0. The number of fused-ring (bicyclic) bond motifs is 1. The molecule has 5 rings (SSSR count). The fraction of sp³-hybridized carbons (Fsp3) is 0.250. The van der Waals surface area contributed by atoms with Crippen molar-refractivity contribution in [1.29, 1.82) is 0 Å². The lowest BCUT2D eigenvalue weighted by molar-refractivity contribution is -0.123. The summed E-state index contributed by atoms with van der Waals surface area (Å²) in [5.41, 5.74) is 7.73. The Kier molecular flexibility index (Phi) is 4.52. The Labute approximate surface area is 169 Å². The molecule has 1 amide bonds. The van der Waals surface area contributed by atoms with Crippen LogP contribution in [-0.2, 0) is 9.53 Å². The van der Waals surface area contributed by atoms with E-state index in [2.05, 4.69) is 29.2 Å². The Morgan fingerprint density at radius 2 is 1.76 bits per heavy atom. The highest BCUT2D eigenvalue weighted by molar-refractivity contribution is 5.96. The number of aliphatic imine (C=N–C) groups is 1. The van der Waals surface area contributed by atoms with E-state index in [9.17, 15) is 4.79 Å². The molecule has 0 saturated carbocycles. The smallest absolute Gasteiger partial charge is 0.234 e. The molecule has 3 aromatic carbocycles. The lowest BCUT2D eigenvalue weighted by atomic mass is 9.98. The van der Waals surface area contributed by atoms with E-state index in [-0.39, 0.29) is 24.2 Å². The number of amides is 1. The second-order valence-electron chi connectivity index (χ2n) is 7.62. The number of nitrogens with zero attached hydrogens (tertiary/aromatic N) is 2. The molecule has 0 aromatic heterocycles.